The van der Waals surface area contributed by atoms with Crippen LogP contribution in [-0.2, 0) is 6.54 Å². The van der Waals surface area contributed by atoms with Gasteiger partial charge in [-0.3, -0.25) is 0 Å². The maximum Gasteiger partial charge on any atom is 0.166 e. The molecule has 112 valence electrons. The average molecular weight is 300 g/mol. The standard InChI is InChI=1S/C18H24N2S/c21-17(19-12-13-4-2-1-3-5-13)20-18-9-14-6-15(10-18)8-16(7-14)11-18/h1-5,14-16H,6-12H2,(H2,19,20,21). The Hall–Kier alpha value is -1.09. The molecule has 4 aliphatic carbocycles. The van der Waals surface area contributed by atoms with Crippen molar-refractivity contribution in [2.75, 3.05) is 0 Å². The van der Waals surface area contributed by atoms with E-state index in [1.165, 1.54) is 44.1 Å². The molecule has 3 heteroatoms. The Kier molecular flexibility index (Phi) is 3.41. The molecule has 0 atom stereocenters. The van der Waals surface area contributed by atoms with Crippen LogP contribution < -0.4 is 10.6 Å². The summed E-state index contributed by atoms with van der Waals surface area (Å²) in [4.78, 5) is 0. The molecule has 5 rings (SSSR count). The number of thiocarbonyl (C=S) groups is 1. The highest BCUT2D eigenvalue weighted by Crippen LogP contribution is 2.55. The van der Waals surface area contributed by atoms with Crippen molar-refractivity contribution in [2.24, 2.45) is 17.8 Å². The lowest BCUT2D eigenvalue weighted by Gasteiger charge is -2.57. The molecule has 1 aromatic carbocycles. The lowest BCUT2D eigenvalue weighted by molar-refractivity contribution is -0.0101. The largest absolute Gasteiger partial charge is 0.359 e. The Labute approximate surface area is 132 Å². The molecule has 2 nitrogen and oxygen atoms in total. The van der Waals surface area contributed by atoms with Gasteiger partial charge in [0, 0.05) is 12.1 Å². The Morgan fingerprint density at radius 2 is 1.57 bits per heavy atom. The lowest BCUT2D eigenvalue weighted by Crippen LogP contribution is -2.61. The molecule has 1 aromatic rings. The third-order valence-corrected chi connectivity index (χ3v) is 5.96. The van der Waals surface area contributed by atoms with Gasteiger partial charge in [-0.2, -0.15) is 0 Å². The van der Waals surface area contributed by atoms with Gasteiger partial charge in [-0.15, -0.1) is 0 Å². The van der Waals surface area contributed by atoms with Gasteiger partial charge in [-0.1, -0.05) is 30.3 Å². The first-order valence-corrected chi connectivity index (χ1v) is 8.72. The monoisotopic (exact) mass is 300 g/mol. The number of rotatable bonds is 3. The smallest absolute Gasteiger partial charge is 0.166 e. The predicted molar refractivity (Wildman–Crippen MR) is 89.9 cm³/mol. The Morgan fingerprint density at radius 3 is 2.14 bits per heavy atom. The summed E-state index contributed by atoms with van der Waals surface area (Å²) < 4.78 is 0. The van der Waals surface area contributed by atoms with Crippen molar-refractivity contribution >= 4 is 17.3 Å². The van der Waals surface area contributed by atoms with E-state index in [0.717, 1.165) is 29.4 Å². The fourth-order valence-electron chi connectivity index (χ4n) is 5.33. The number of hydrogen-bond donors (Lipinski definition) is 2. The summed E-state index contributed by atoms with van der Waals surface area (Å²) in [5.41, 5.74) is 1.60. The number of nitrogens with one attached hydrogen (secondary N) is 2. The summed E-state index contributed by atoms with van der Waals surface area (Å²) >= 11 is 5.57. The first kappa shape index (κ1) is 13.6. The summed E-state index contributed by atoms with van der Waals surface area (Å²) in [5, 5.41) is 7.96. The molecular weight excluding hydrogens is 276 g/mol. The van der Waals surface area contributed by atoms with E-state index < -0.39 is 0 Å². The van der Waals surface area contributed by atoms with Crippen molar-refractivity contribution in [1.82, 2.24) is 10.6 Å². The molecule has 0 aliphatic heterocycles. The van der Waals surface area contributed by atoms with E-state index in [-0.39, 0.29) is 0 Å². The Morgan fingerprint density at radius 1 is 1.00 bits per heavy atom. The van der Waals surface area contributed by atoms with Gasteiger partial charge in [0.05, 0.1) is 0 Å². The summed E-state index contributed by atoms with van der Waals surface area (Å²) in [6, 6.07) is 10.5. The van der Waals surface area contributed by atoms with Gasteiger partial charge >= 0.3 is 0 Å². The second kappa shape index (κ2) is 5.28. The second-order valence-electron chi connectivity index (χ2n) is 7.49. The molecule has 2 N–H and O–H groups in total. The van der Waals surface area contributed by atoms with Crippen LogP contribution in [0.5, 0.6) is 0 Å². The molecule has 0 unspecified atom stereocenters. The summed E-state index contributed by atoms with van der Waals surface area (Å²) in [5.74, 6) is 2.88. The summed E-state index contributed by atoms with van der Waals surface area (Å²) in [6.07, 6.45) is 8.45. The molecule has 4 saturated carbocycles. The molecule has 21 heavy (non-hydrogen) atoms. The minimum Gasteiger partial charge on any atom is -0.359 e. The molecule has 0 spiro atoms. The Bertz CT molecular complexity index is 490. The highest BCUT2D eigenvalue weighted by molar-refractivity contribution is 7.80. The molecule has 0 radical (unpaired) electrons. The molecule has 4 bridgehead atoms. The van der Waals surface area contributed by atoms with E-state index >= 15 is 0 Å². The van der Waals surface area contributed by atoms with E-state index in [1.54, 1.807) is 0 Å². The zero-order chi connectivity index (χ0) is 14.3. The van der Waals surface area contributed by atoms with Crippen molar-refractivity contribution in [2.45, 2.75) is 50.6 Å². The Balaban J connectivity index is 1.36. The van der Waals surface area contributed by atoms with Crippen LogP contribution in [-0.4, -0.2) is 10.7 Å². The van der Waals surface area contributed by atoms with E-state index in [9.17, 15) is 0 Å². The van der Waals surface area contributed by atoms with Crippen LogP contribution in [0.1, 0.15) is 44.1 Å². The van der Waals surface area contributed by atoms with Crippen molar-refractivity contribution in [3.05, 3.63) is 35.9 Å². The van der Waals surface area contributed by atoms with Crippen molar-refractivity contribution < 1.29 is 0 Å². The lowest BCUT2D eigenvalue weighted by atomic mass is 9.53. The van der Waals surface area contributed by atoms with Gasteiger partial charge in [-0.25, -0.2) is 0 Å². The zero-order valence-corrected chi connectivity index (χ0v) is 13.3. The molecule has 4 fully saturated rings. The van der Waals surface area contributed by atoms with Gasteiger partial charge in [0.15, 0.2) is 5.11 Å². The molecule has 0 aromatic heterocycles. The van der Waals surface area contributed by atoms with Crippen LogP contribution in [0.4, 0.5) is 0 Å². The van der Waals surface area contributed by atoms with Gasteiger partial charge in [0.2, 0.25) is 0 Å². The maximum atomic E-state index is 5.57. The van der Waals surface area contributed by atoms with E-state index in [4.69, 9.17) is 12.2 Å². The molecule has 0 amide bonds. The summed E-state index contributed by atoms with van der Waals surface area (Å²) in [7, 11) is 0. The molecule has 0 heterocycles. The minimum atomic E-state index is 0.315. The zero-order valence-electron chi connectivity index (χ0n) is 12.5. The normalized spacial score (nSPS) is 36.5. The van der Waals surface area contributed by atoms with Crippen LogP contribution in [0.2, 0.25) is 0 Å². The van der Waals surface area contributed by atoms with Gasteiger partial charge in [0.25, 0.3) is 0 Å². The fraction of sp³-hybridized carbons (Fsp3) is 0.611. The van der Waals surface area contributed by atoms with Crippen LogP contribution >= 0.6 is 12.2 Å². The van der Waals surface area contributed by atoms with Crippen LogP contribution in [0.3, 0.4) is 0 Å². The highest BCUT2D eigenvalue weighted by Gasteiger charge is 2.51. The average Bonchev–Trinajstić information content (AvgIpc) is 2.44. The third-order valence-electron chi connectivity index (χ3n) is 5.71. The topological polar surface area (TPSA) is 24.1 Å². The predicted octanol–water partition coefficient (Wildman–Crippen LogP) is 3.62. The van der Waals surface area contributed by atoms with E-state index in [0.29, 0.717) is 5.54 Å². The SMILES string of the molecule is S=C(NCc1ccccc1)NC12CC3CC(CC(C3)C1)C2. The van der Waals surface area contributed by atoms with Crippen LogP contribution in [0, 0.1) is 17.8 Å². The van der Waals surface area contributed by atoms with Crippen molar-refractivity contribution in [3.8, 4) is 0 Å². The molecular formula is C18H24N2S. The molecule has 0 saturated heterocycles. The maximum absolute atomic E-state index is 5.57. The van der Waals surface area contributed by atoms with Gasteiger partial charge < -0.3 is 10.6 Å². The van der Waals surface area contributed by atoms with Crippen molar-refractivity contribution in [3.63, 3.8) is 0 Å². The van der Waals surface area contributed by atoms with Crippen LogP contribution in [0.25, 0.3) is 0 Å². The first-order chi connectivity index (χ1) is 10.2. The number of hydrogen-bond acceptors (Lipinski definition) is 1. The summed E-state index contributed by atoms with van der Waals surface area (Å²) in [6.45, 7) is 0.818. The highest BCUT2D eigenvalue weighted by atomic mass is 32.1. The minimum absolute atomic E-state index is 0.315. The van der Waals surface area contributed by atoms with E-state index in [1.807, 2.05) is 0 Å². The fourth-order valence-corrected chi connectivity index (χ4v) is 5.62. The third kappa shape index (κ3) is 2.80. The molecule has 4 aliphatic rings. The quantitative estimate of drug-likeness (QED) is 0.834. The number of benzene rings is 1. The van der Waals surface area contributed by atoms with E-state index in [2.05, 4.69) is 41.0 Å². The second-order valence-corrected chi connectivity index (χ2v) is 7.90. The van der Waals surface area contributed by atoms with Crippen molar-refractivity contribution in [1.29, 1.82) is 0 Å². The first-order valence-electron chi connectivity index (χ1n) is 8.31. The van der Waals surface area contributed by atoms with Gasteiger partial charge in [0.1, 0.15) is 0 Å². The van der Waals surface area contributed by atoms with Gasteiger partial charge in [-0.05, 0) is 74.1 Å². The van der Waals surface area contributed by atoms with Crippen LogP contribution in [0.15, 0.2) is 30.3 Å².